The number of nitrogens with one attached hydrogen (secondary N) is 2. The minimum absolute atomic E-state index is 0.000554. The van der Waals surface area contributed by atoms with E-state index < -0.39 is 0 Å². The summed E-state index contributed by atoms with van der Waals surface area (Å²) in [4.78, 5) is 10.1. The maximum atomic E-state index is 5.66. The molecule has 1 saturated heterocycles. The van der Waals surface area contributed by atoms with Gasteiger partial charge in [-0.25, -0.2) is 0 Å². The number of hydrogen-bond donors (Lipinski definition) is 2. The summed E-state index contributed by atoms with van der Waals surface area (Å²) in [6.45, 7) is 0.711. The predicted molar refractivity (Wildman–Crippen MR) is 105 cm³/mol. The lowest BCUT2D eigenvalue weighted by Gasteiger charge is -2.27. The van der Waals surface area contributed by atoms with Crippen molar-refractivity contribution >= 4 is 17.3 Å². The van der Waals surface area contributed by atoms with E-state index in [0.29, 0.717) is 6.54 Å². The maximum Gasteiger partial charge on any atom is 0.170 e. The number of thiocarbonyl (C=S) groups is 1. The van der Waals surface area contributed by atoms with Crippen molar-refractivity contribution in [2.24, 2.45) is 0 Å². The summed E-state index contributed by atoms with van der Waals surface area (Å²) >= 11 is 5.66. The van der Waals surface area contributed by atoms with E-state index in [-0.39, 0.29) is 12.1 Å². The average molecular weight is 364 g/mol. The van der Waals surface area contributed by atoms with Gasteiger partial charge in [-0.3, -0.25) is 4.98 Å². The van der Waals surface area contributed by atoms with Crippen LogP contribution in [0.3, 0.4) is 0 Å². The molecule has 3 aromatic rings. The Labute approximate surface area is 158 Å². The van der Waals surface area contributed by atoms with Crippen LogP contribution in [-0.2, 0) is 6.54 Å². The Hall–Kier alpha value is -2.86. The van der Waals surface area contributed by atoms with E-state index in [1.54, 1.807) is 7.11 Å². The zero-order chi connectivity index (χ0) is 17.9. The molecule has 3 heterocycles. The van der Waals surface area contributed by atoms with Crippen molar-refractivity contribution in [3.05, 3.63) is 83.9 Å². The van der Waals surface area contributed by atoms with Gasteiger partial charge >= 0.3 is 0 Å². The van der Waals surface area contributed by atoms with E-state index >= 15 is 0 Å². The number of H-pyrrole nitrogens is 1. The topological polar surface area (TPSA) is 53.2 Å². The minimum atomic E-state index is 0.000554. The Morgan fingerprint density at radius 2 is 1.96 bits per heavy atom. The maximum absolute atomic E-state index is 5.66. The van der Waals surface area contributed by atoms with Gasteiger partial charge in [0.05, 0.1) is 24.9 Å². The zero-order valence-electron chi connectivity index (χ0n) is 14.4. The SMILES string of the molecule is COc1ccc(CN2C(=S)N[C@H](c3ccccn3)[C@H]2c2ccc[nH]2)cc1. The number of hydrogen-bond acceptors (Lipinski definition) is 3. The van der Waals surface area contributed by atoms with E-state index in [4.69, 9.17) is 17.0 Å². The fraction of sp³-hybridized carbons (Fsp3) is 0.200. The molecule has 0 spiro atoms. The molecule has 26 heavy (non-hydrogen) atoms. The Kier molecular flexibility index (Phi) is 4.58. The molecule has 2 atom stereocenters. The van der Waals surface area contributed by atoms with Crippen LogP contribution in [0.25, 0.3) is 0 Å². The highest BCUT2D eigenvalue weighted by molar-refractivity contribution is 7.80. The molecule has 4 rings (SSSR count). The van der Waals surface area contributed by atoms with Crippen LogP contribution < -0.4 is 10.1 Å². The molecular formula is C20H20N4OS. The van der Waals surface area contributed by atoms with Crippen LogP contribution in [0.1, 0.15) is 29.0 Å². The molecule has 0 saturated carbocycles. The Morgan fingerprint density at radius 1 is 1.12 bits per heavy atom. The fourth-order valence-electron chi connectivity index (χ4n) is 3.37. The lowest BCUT2D eigenvalue weighted by Crippen LogP contribution is -2.29. The smallest absolute Gasteiger partial charge is 0.170 e. The number of methoxy groups -OCH3 is 1. The normalized spacial score (nSPS) is 19.4. The first-order chi connectivity index (χ1) is 12.8. The van der Waals surface area contributed by atoms with E-state index in [1.807, 2.05) is 48.8 Å². The van der Waals surface area contributed by atoms with Gasteiger partial charge in [0.15, 0.2) is 5.11 Å². The third kappa shape index (κ3) is 3.15. The quantitative estimate of drug-likeness (QED) is 0.678. The molecule has 132 valence electrons. The summed E-state index contributed by atoms with van der Waals surface area (Å²) in [5, 5.41) is 4.18. The number of nitrogens with zero attached hydrogens (tertiary/aromatic N) is 2. The van der Waals surface area contributed by atoms with Crippen LogP contribution >= 0.6 is 12.2 Å². The van der Waals surface area contributed by atoms with Gasteiger partial charge in [0.1, 0.15) is 5.75 Å². The summed E-state index contributed by atoms with van der Waals surface area (Å²) in [5.74, 6) is 0.850. The van der Waals surface area contributed by atoms with E-state index in [0.717, 1.165) is 22.2 Å². The van der Waals surface area contributed by atoms with E-state index in [9.17, 15) is 0 Å². The van der Waals surface area contributed by atoms with Gasteiger partial charge < -0.3 is 19.9 Å². The van der Waals surface area contributed by atoms with Crippen molar-refractivity contribution in [3.63, 3.8) is 0 Å². The summed E-state index contributed by atoms with van der Waals surface area (Å²) in [5.41, 5.74) is 3.27. The van der Waals surface area contributed by atoms with Gasteiger partial charge in [-0.2, -0.15) is 0 Å². The second-order valence-electron chi connectivity index (χ2n) is 6.23. The molecule has 0 aliphatic carbocycles. The van der Waals surface area contributed by atoms with Crippen molar-refractivity contribution in [2.75, 3.05) is 7.11 Å². The highest BCUT2D eigenvalue weighted by Gasteiger charge is 2.40. The Morgan fingerprint density at radius 3 is 2.62 bits per heavy atom. The molecule has 1 fully saturated rings. The summed E-state index contributed by atoms with van der Waals surface area (Å²) in [6.07, 6.45) is 3.76. The molecule has 1 aromatic carbocycles. The lowest BCUT2D eigenvalue weighted by atomic mass is 10.0. The summed E-state index contributed by atoms with van der Waals surface area (Å²) in [6, 6.07) is 18.2. The van der Waals surface area contributed by atoms with Gasteiger partial charge in [0.2, 0.25) is 0 Å². The van der Waals surface area contributed by atoms with Crippen molar-refractivity contribution < 1.29 is 4.74 Å². The van der Waals surface area contributed by atoms with E-state index in [1.165, 1.54) is 5.56 Å². The standard InChI is InChI=1S/C20H20N4OS/c1-25-15-9-7-14(8-10-15)13-24-19(17-6-4-12-22-17)18(23-20(24)26)16-5-2-3-11-21-16/h2-12,18-19,22H,13H2,1H3,(H,23,26)/t18-,19-/m1/s1. The number of aromatic nitrogens is 2. The van der Waals surface area contributed by atoms with Crippen LogP contribution in [0, 0.1) is 0 Å². The molecule has 2 aromatic heterocycles. The first-order valence-corrected chi connectivity index (χ1v) is 8.91. The molecule has 0 amide bonds. The third-order valence-electron chi connectivity index (χ3n) is 4.65. The average Bonchev–Trinajstić information content (AvgIpc) is 3.32. The Balaban J connectivity index is 1.66. The Bertz CT molecular complexity index is 865. The van der Waals surface area contributed by atoms with Crippen molar-refractivity contribution in [1.29, 1.82) is 0 Å². The summed E-state index contributed by atoms with van der Waals surface area (Å²) < 4.78 is 5.25. The number of aromatic amines is 1. The van der Waals surface area contributed by atoms with Gasteiger partial charge in [0, 0.05) is 24.6 Å². The molecule has 0 bridgehead atoms. The van der Waals surface area contributed by atoms with E-state index in [2.05, 4.69) is 38.4 Å². The fourth-order valence-corrected chi connectivity index (χ4v) is 3.68. The van der Waals surface area contributed by atoms with Crippen LogP contribution in [0.15, 0.2) is 67.0 Å². The minimum Gasteiger partial charge on any atom is -0.497 e. The monoisotopic (exact) mass is 364 g/mol. The molecular weight excluding hydrogens is 344 g/mol. The highest BCUT2D eigenvalue weighted by Crippen LogP contribution is 2.38. The zero-order valence-corrected chi connectivity index (χ0v) is 15.2. The van der Waals surface area contributed by atoms with Gasteiger partial charge in [-0.05, 0) is 54.2 Å². The molecule has 5 nitrogen and oxygen atoms in total. The largest absolute Gasteiger partial charge is 0.497 e. The van der Waals surface area contributed by atoms with Gasteiger partial charge in [-0.15, -0.1) is 0 Å². The van der Waals surface area contributed by atoms with Crippen LogP contribution in [0.5, 0.6) is 5.75 Å². The molecule has 0 radical (unpaired) electrons. The molecule has 0 unspecified atom stereocenters. The summed E-state index contributed by atoms with van der Waals surface area (Å²) in [7, 11) is 1.67. The van der Waals surface area contributed by atoms with Crippen LogP contribution in [0.2, 0.25) is 0 Å². The number of rotatable bonds is 5. The molecule has 6 heteroatoms. The number of pyridine rings is 1. The highest BCUT2D eigenvalue weighted by atomic mass is 32.1. The van der Waals surface area contributed by atoms with Crippen molar-refractivity contribution in [3.8, 4) is 5.75 Å². The van der Waals surface area contributed by atoms with Gasteiger partial charge in [0.25, 0.3) is 0 Å². The number of benzene rings is 1. The third-order valence-corrected chi connectivity index (χ3v) is 5.00. The molecule has 1 aliphatic rings. The number of ether oxygens (including phenoxy) is 1. The van der Waals surface area contributed by atoms with Crippen molar-refractivity contribution in [2.45, 2.75) is 18.6 Å². The molecule has 1 aliphatic heterocycles. The predicted octanol–water partition coefficient (Wildman–Crippen LogP) is 3.59. The second kappa shape index (κ2) is 7.17. The first-order valence-electron chi connectivity index (χ1n) is 8.50. The molecule has 2 N–H and O–H groups in total. The van der Waals surface area contributed by atoms with Crippen LogP contribution in [-0.4, -0.2) is 27.1 Å². The van der Waals surface area contributed by atoms with Gasteiger partial charge in [-0.1, -0.05) is 18.2 Å². The van der Waals surface area contributed by atoms with Crippen molar-refractivity contribution in [1.82, 2.24) is 20.2 Å². The second-order valence-corrected chi connectivity index (χ2v) is 6.61. The van der Waals surface area contributed by atoms with Crippen LogP contribution in [0.4, 0.5) is 0 Å². The lowest BCUT2D eigenvalue weighted by molar-refractivity contribution is 0.306. The first kappa shape index (κ1) is 16.6.